The van der Waals surface area contributed by atoms with Crippen LogP contribution in [-0.2, 0) is 21.8 Å². The fraction of sp³-hybridized carbons (Fsp3) is 0.647. The first kappa shape index (κ1) is 21.2. The van der Waals surface area contributed by atoms with Gasteiger partial charge in [-0.05, 0) is 25.5 Å². The van der Waals surface area contributed by atoms with Crippen LogP contribution in [0.5, 0.6) is 0 Å². The van der Waals surface area contributed by atoms with Crippen molar-refractivity contribution < 1.29 is 22.7 Å². The molecule has 0 aromatic carbocycles. The van der Waals surface area contributed by atoms with Gasteiger partial charge in [0, 0.05) is 39.4 Å². The minimum absolute atomic E-state index is 0.0459. The van der Waals surface area contributed by atoms with Gasteiger partial charge in [-0.3, -0.25) is 4.79 Å². The van der Waals surface area contributed by atoms with Gasteiger partial charge in [-0.2, -0.15) is 0 Å². The molecule has 1 aromatic rings. The third kappa shape index (κ3) is 5.23. The Kier molecular flexibility index (Phi) is 6.88. The summed E-state index contributed by atoms with van der Waals surface area (Å²) in [6, 6.07) is 1.37. The lowest BCUT2D eigenvalue weighted by Crippen LogP contribution is -2.38. The maximum atomic E-state index is 12.8. The number of hydrogen-bond donors (Lipinski definition) is 1. The average Bonchev–Trinajstić information content (AvgIpc) is 2.86. The molecule has 1 saturated heterocycles. The van der Waals surface area contributed by atoms with E-state index >= 15 is 0 Å². The Morgan fingerprint density at radius 2 is 1.81 bits per heavy atom. The van der Waals surface area contributed by atoms with Crippen LogP contribution >= 0.6 is 0 Å². The zero-order valence-electron chi connectivity index (χ0n) is 16.3. The zero-order valence-corrected chi connectivity index (χ0v) is 17.1. The molecule has 10 heteroatoms. The molecular formula is C17H28N4O5S. The van der Waals surface area contributed by atoms with Crippen LogP contribution in [0.3, 0.4) is 0 Å². The van der Waals surface area contributed by atoms with Crippen molar-refractivity contribution in [3.8, 4) is 0 Å². The molecule has 1 aliphatic heterocycles. The Morgan fingerprint density at radius 1 is 1.19 bits per heavy atom. The highest BCUT2D eigenvalue weighted by Crippen LogP contribution is 2.16. The van der Waals surface area contributed by atoms with Crippen molar-refractivity contribution in [2.24, 2.45) is 13.0 Å². The van der Waals surface area contributed by atoms with Crippen LogP contribution < -0.4 is 4.72 Å². The third-order valence-corrected chi connectivity index (χ3v) is 5.74. The number of carbonyl (C=O) groups is 2. The molecule has 0 radical (unpaired) electrons. The summed E-state index contributed by atoms with van der Waals surface area (Å²) in [5.41, 5.74) is 0.291. The summed E-state index contributed by atoms with van der Waals surface area (Å²) >= 11 is 0. The summed E-state index contributed by atoms with van der Waals surface area (Å²) < 4.78 is 32.9. The van der Waals surface area contributed by atoms with Crippen molar-refractivity contribution in [2.75, 3.05) is 39.8 Å². The first-order valence-corrected chi connectivity index (χ1v) is 10.4. The van der Waals surface area contributed by atoms with Crippen molar-refractivity contribution in [3.05, 3.63) is 18.0 Å². The lowest BCUT2D eigenvalue weighted by molar-refractivity contribution is 0.0737. The number of hydrogen-bond acceptors (Lipinski definition) is 5. The van der Waals surface area contributed by atoms with E-state index in [1.807, 2.05) is 13.8 Å². The van der Waals surface area contributed by atoms with Gasteiger partial charge in [0.2, 0.25) is 10.0 Å². The number of aromatic nitrogens is 1. The number of amides is 2. The molecule has 1 aliphatic rings. The van der Waals surface area contributed by atoms with Crippen molar-refractivity contribution >= 4 is 22.0 Å². The predicted octanol–water partition coefficient (Wildman–Crippen LogP) is 0.874. The largest absolute Gasteiger partial charge is 0.449 e. The van der Waals surface area contributed by atoms with Gasteiger partial charge in [0.05, 0.1) is 6.61 Å². The smallest absolute Gasteiger partial charge is 0.409 e. The highest BCUT2D eigenvalue weighted by Gasteiger charge is 2.26. The summed E-state index contributed by atoms with van der Waals surface area (Å²) in [5.74, 6) is 0.00637. The average molecular weight is 401 g/mol. The minimum Gasteiger partial charge on any atom is -0.449 e. The lowest BCUT2D eigenvalue weighted by atomic mass is 10.2. The van der Waals surface area contributed by atoms with Gasteiger partial charge >= 0.3 is 6.09 Å². The van der Waals surface area contributed by atoms with E-state index in [4.69, 9.17) is 4.74 Å². The SMILES string of the molecule is CNS(=O)(=O)c1cc(C(=O)N2CCCN(C(=O)OCC(C)C)CC2)n(C)c1. The molecule has 0 atom stereocenters. The van der Waals surface area contributed by atoms with Gasteiger partial charge in [0.1, 0.15) is 10.6 Å². The van der Waals surface area contributed by atoms with Crippen LogP contribution in [0, 0.1) is 5.92 Å². The van der Waals surface area contributed by atoms with Gasteiger partial charge < -0.3 is 19.1 Å². The predicted molar refractivity (Wildman–Crippen MR) is 99.9 cm³/mol. The summed E-state index contributed by atoms with van der Waals surface area (Å²) in [5, 5.41) is 0. The van der Waals surface area contributed by atoms with E-state index in [0.717, 1.165) is 0 Å². The standard InChI is InChI=1S/C17H28N4O5S/c1-13(2)12-26-17(23)21-7-5-6-20(8-9-21)16(22)15-10-14(11-19(15)4)27(24,25)18-3/h10-11,13,18H,5-9,12H2,1-4H3. The van der Waals surface area contributed by atoms with Crippen LogP contribution in [0.15, 0.2) is 17.2 Å². The van der Waals surface area contributed by atoms with Gasteiger partial charge in [-0.25, -0.2) is 17.9 Å². The minimum atomic E-state index is -3.62. The first-order valence-electron chi connectivity index (χ1n) is 8.96. The van der Waals surface area contributed by atoms with Crippen molar-refractivity contribution in [1.29, 1.82) is 0 Å². The number of ether oxygens (including phenoxy) is 1. The summed E-state index contributed by atoms with van der Waals surface area (Å²) in [6.45, 7) is 6.07. The molecule has 1 fully saturated rings. The fourth-order valence-electron chi connectivity index (χ4n) is 2.81. The number of rotatable bonds is 5. The van der Waals surface area contributed by atoms with Gasteiger partial charge in [0.25, 0.3) is 5.91 Å². The Labute approximate surface area is 160 Å². The van der Waals surface area contributed by atoms with Crippen LogP contribution in [0.25, 0.3) is 0 Å². The van der Waals surface area contributed by atoms with Crippen molar-refractivity contribution in [2.45, 2.75) is 25.2 Å². The molecule has 2 amide bonds. The Hall–Kier alpha value is -2.07. The molecule has 2 rings (SSSR count). The van der Waals surface area contributed by atoms with E-state index in [0.29, 0.717) is 44.9 Å². The second-order valence-corrected chi connectivity index (χ2v) is 8.87. The van der Waals surface area contributed by atoms with E-state index in [9.17, 15) is 18.0 Å². The number of sulfonamides is 1. The fourth-order valence-corrected chi connectivity index (χ4v) is 3.61. The highest BCUT2D eigenvalue weighted by atomic mass is 32.2. The van der Waals surface area contributed by atoms with Crippen LogP contribution in [0.2, 0.25) is 0 Å². The van der Waals surface area contributed by atoms with E-state index in [1.165, 1.54) is 23.9 Å². The van der Waals surface area contributed by atoms with Gasteiger partial charge in [-0.15, -0.1) is 0 Å². The lowest BCUT2D eigenvalue weighted by Gasteiger charge is -2.22. The Bertz CT molecular complexity index is 787. The molecule has 9 nitrogen and oxygen atoms in total. The van der Waals surface area contributed by atoms with Gasteiger partial charge in [-0.1, -0.05) is 13.8 Å². The summed E-state index contributed by atoms with van der Waals surface area (Å²) in [4.78, 5) is 28.3. The molecule has 0 spiro atoms. The van der Waals surface area contributed by atoms with E-state index in [-0.39, 0.29) is 22.8 Å². The third-order valence-electron chi connectivity index (χ3n) is 4.36. The van der Waals surface area contributed by atoms with E-state index < -0.39 is 10.0 Å². The molecule has 1 aromatic heterocycles. The quantitative estimate of drug-likeness (QED) is 0.790. The second-order valence-electron chi connectivity index (χ2n) is 6.98. The highest BCUT2D eigenvalue weighted by molar-refractivity contribution is 7.89. The molecule has 0 saturated carbocycles. The topological polar surface area (TPSA) is 101 Å². The molecule has 0 aliphatic carbocycles. The van der Waals surface area contributed by atoms with Gasteiger partial charge in [0.15, 0.2) is 0 Å². The Balaban J connectivity index is 2.05. The molecule has 0 bridgehead atoms. The van der Waals surface area contributed by atoms with Crippen molar-refractivity contribution in [3.63, 3.8) is 0 Å². The van der Waals surface area contributed by atoms with Crippen LogP contribution in [0.1, 0.15) is 30.8 Å². The Morgan fingerprint density at radius 3 is 2.44 bits per heavy atom. The van der Waals surface area contributed by atoms with E-state index in [1.54, 1.807) is 16.8 Å². The van der Waals surface area contributed by atoms with E-state index in [2.05, 4.69) is 4.72 Å². The molecule has 152 valence electrons. The monoisotopic (exact) mass is 400 g/mol. The molecule has 27 heavy (non-hydrogen) atoms. The van der Waals surface area contributed by atoms with Crippen molar-refractivity contribution in [1.82, 2.24) is 19.1 Å². The first-order chi connectivity index (χ1) is 12.7. The number of carbonyl (C=O) groups excluding carboxylic acids is 2. The molecule has 0 unspecified atom stereocenters. The summed E-state index contributed by atoms with van der Waals surface area (Å²) in [7, 11) is -0.657. The molecular weight excluding hydrogens is 372 g/mol. The number of nitrogens with one attached hydrogen (secondary N) is 1. The number of nitrogens with zero attached hydrogens (tertiary/aromatic N) is 3. The molecule has 1 N–H and O–H groups in total. The normalized spacial score (nSPS) is 15.7. The van der Waals surface area contributed by atoms with Crippen LogP contribution in [-0.4, -0.2) is 74.6 Å². The maximum absolute atomic E-state index is 12.8. The number of aryl methyl sites for hydroxylation is 1. The second kappa shape index (κ2) is 8.75. The summed E-state index contributed by atoms with van der Waals surface area (Å²) in [6.07, 6.45) is 1.68. The zero-order chi connectivity index (χ0) is 20.2. The van der Waals surface area contributed by atoms with Crippen LogP contribution in [0.4, 0.5) is 4.79 Å². The maximum Gasteiger partial charge on any atom is 0.409 e. The molecule has 2 heterocycles.